The SMILES string of the molecule is CCC(C)CC(Br)c1cc(C)c(Br)s1. The van der Waals surface area contributed by atoms with E-state index in [9.17, 15) is 0 Å². The molecule has 0 aliphatic rings. The Balaban J connectivity index is 2.64. The predicted octanol–water partition coefficient (Wildman–Crippen LogP) is 5.69. The topological polar surface area (TPSA) is 0 Å². The molecule has 1 aromatic rings. The van der Waals surface area contributed by atoms with Crippen LogP contribution in [0.5, 0.6) is 0 Å². The van der Waals surface area contributed by atoms with Gasteiger partial charge in [-0.15, -0.1) is 11.3 Å². The fourth-order valence-electron chi connectivity index (χ4n) is 1.27. The molecule has 0 saturated heterocycles. The smallest absolute Gasteiger partial charge is 0.0730 e. The molecule has 1 rings (SSSR count). The number of thiophene rings is 1. The Labute approximate surface area is 107 Å². The van der Waals surface area contributed by atoms with E-state index in [0.29, 0.717) is 4.83 Å². The molecule has 0 aromatic carbocycles. The summed E-state index contributed by atoms with van der Waals surface area (Å²) >= 11 is 9.17. The normalized spacial score (nSPS) is 15.5. The molecule has 0 aliphatic carbocycles. The fraction of sp³-hybridized carbons (Fsp3) is 0.636. The van der Waals surface area contributed by atoms with Crippen LogP contribution in [-0.4, -0.2) is 0 Å². The molecule has 0 aliphatic heterocycles. The molecule has 3 heteroatoms. The van der Waals surface area contributed by atoms with Crippen molar-refractivity contribution in [3.63, 3.8) is 0 Å². The average molecular weight is 340 g/mol. The highest BCUT2D eigenvalue weighted by atomic mass is 79.9. The van der Waals surface area contributed by atoms with Crippen LogP contribution in [0.2, 0.25) is 0 Å². The first kappa shape index (κ1) is 12.7. The predicted molar refractivity (Wildman–Crippen MR) is 72.5 cm³/mol. The molecule has 2 atom stereocenters. The first-order chi connectivity index (χ1) is 6.54. The van der Waals surface area contributed by atoms with Crippen LogP contribution in [0.15, 0.2) is 9.85 Å². The highest BCUT2D eigenvalue weighted by Crippen LogP contribution is 2.38. The molecule has 0 radical (unpaired) electrons. The van der Waals surface area contributed by atoms with Crippen molar-refractivity contribution >= 4 is 43.2 Å². The number of hydrogen-bond acceptors (Lipinski definition) is 1. The molecule has 0 fully saturated rings. The maximum absolute atomic E-state index is 3.76. The third-order valence-electron chi connectivity index (χ3n) is 2.49. The van der Waals surface area contributed by atoms with E-state index in [1.54, 1.807) is 0 Å². The molecular formula is C11H16Br2S. The van der Waals surface area contributed by atoms with Gasteiger partial charge in [0.05, 0.1) is 3.79 Å². The van der Waals surface area contributed by atoms with Gasteiger partial charge in [0.2, 0.25) is 0 Å². The standard InChI is InChI=1S/C11H16Br2S/c1-4-7(2)5-9(12)10-6-8(3)11(13)14-10/h6-7,9H,4-5H2,1-3H3. The lowest BCUT2D eigenvalue weighted by Crippen LogP contribution is -1.96. The van der Waals surface area contributed by atoms with Crippen molar-refractivity contribution in [2.75, 3.05) is 0 Å². The number of halogens is 2. The Morgan fingerprint density at radius 1 is 1.50 bits per heavy atom. The summed E-state index contributed by atoms with van der Waals surface area (Å²) in [5, 5.41) is 0. The van der Waals surface area contributed by atoms with Crippen molar-refractivity contribution in [3.05, 3.63) is 20.3 Å². The van der Waals surface area contributed by atoms with Gasteiger partial charge in [-0.3, -0.25) is 0 Å². The molecule has 1 aromatic heterocycles. The van der Waals surface area contributed by atoms with Gasteiger partial charge in [-0.05, 0) is 46.8 Å². The van der Waals surface area contributed by atoms with Crippen LogP contribution < -0.4 is 0 Å². The molecule has 80 valence electrons. The summed E-state index contributed by atoms with van der Waals surface area (Å²) in [6.07, 6.45) is 2.48. The van der Waals surface area contributed by atoms with E-state index in [0.717, 1.165) is 5.92 Å². The Kier molecular flexibility index (Phi) is 5.15. The molecule has 0 nitrogen and oxygen atoms in total. The Hall–Kier alpha value is 0.660. The third-order valence-corrected chi connectivity index (χ3v) is 5.91. The molecule has 0 amide bonds. The van der Waals surface area contributed by atoms with E-state index in [1.807, 2.05) is 11.3 Å². The summed E-state index contributed by atoms with van der Waals surface area (Å²) in [7, 11) is 0. The van der Waals surface area contributed by atoms with Crippen LogP contribution in [0.3, 0.4) is 0 Å². The zero-order valence-corrected chi connectivity index (χ0v) is 12.8. The van der Waals surface area contributed by atoms with Crippen LogP contribution in [-0.2, 0) is 0 Å². The quantitative estimate of drug-likeness (QED) is 0.618. The Bertz CT molecular complexity index is 274. The molecule has 0 bridgehead atoms. The lowest BCUT2D eigenvalue weighted by Gasteiger charge is -2.12. The van der Waals surface area contributed by atoms with Crippen molar-refractivity contribution in [2.24, 2.45) is 5.92 Å². The summed E-state index contributed by atoms with van der Waals surface area (Å²) < 4.78 is 1.26. The van der Waals surface area contributed by atoms with E-state index in [2.05, 4.69) is 58.7 Å². The van der Waals surface area contributed by atoms with Crippen LogP contribution in [0, 0.1) is 12.8 Å². The number of alkyl halides is 1. The lowest BCUT2D eigenvalue weighted by molar-refractivity contribution is 0.516. The monoisotopic (exact) mass is 338 g/mol. The molecule has 0 N–H and O–H groups in total. The van der Waals surface area contributed by atoms with E-state index in [-0.39, 0.29) is 0 Å². The van der Waals surface area contributed by atoms with Gasteiger partial charge in [0.25, 0.3) is 0 Å². The second kappa shape index (κ2) is 5.66. The van der Waals surface area contributed by atoms with Crippen LogP contribution in [0.4, 0.5) is 0 Å². The Morgan fingerprint density at radius 3 is 2.57 bits per heavy atom. The molecule has 0 spiro atoms. The molecule has 0 saturated carbocycles. The van der Waals surface area contributed by atoms with E-state index < -0.39 is 0 Å². The van der Waals surface area contributed by atoms with Gasteiger partial charge in [0.15, 0.2) is 0 Å². The fourth-order valence-corrected chi connectivity index (χ4v) is 3.89. The third kappa shape index (κ3) is 3.35. The number of aryl methyl sites for hydroxylation is 1. The van der Waals surface area contributed by atoms with Crippen molar-refractivity contribution in [2.45, 2.75) is 38.4 Å². The van der Waals surface area contributed by atoms with Gasteiger partial charge in [-0.1, -0.05) is 36.2 Å². The second-order valence-electron chi connectivity index (χ2n) is 3.82. The number of hydrogen-bond donors (Lipinski definition) is 0. The minimum Gasteiger partial charge on any atom is -0.132 e. The van der Waals surface area contributed by atoms with Crippen LogP contribution in [0.1, 0.15) is 42.0 Å². The van der Waals surface area contributed by atoms with E-state index >= 15 is 0 Å². The van der Waals surface area contributed by atoms with Gasteiger partial charge in [0.1, 0.15) is 0 Å². The first-order valence-electron chi connectivity index (χ1n) is 4.94. The molecular weight excluding hydrogens is 324 g/mol. The maximum Gasteiger partial charge on any atom is 0.0730 e. The first-order valence-corrected chi connectivity index (χ1v) is 7.47. The minimum absolute atomic E-state index is 0.521. The van der Waals surface area contributed by atoms with E-state index in [1.165, 1.54) is 27.1 Å². The van der Waals surface area contributed by atoms with Gasteiger partial charge in [-0.25, -0.2) is 0 Å². The summed E-state index contributed by atoms with van der Waals surface area (Å²) in [5.74, 6) is 0.792. The number of rotatable bonds is 4. The molecule has 2 unspecified atom stereocenters. The summed E-state index contributed by atoms with van der Waals surface area (Å²) in [5.41, 5.74) is 1.35. The van der Waals surface area contributed by atoms with E-state index in [4.69, 9.17) is 0 Å². The van der Waals surface area contributed by atoms with Crippen molar-refractivity contribution in [3.8, 4) is 0 Å². The largest absolute Gasteiger partial charge is 0.132 e. The van der Waals surface area contributed by atoms with Crippen LogP contribution >= 0.6 is 43.2 Å². The highest BCUT2D eigenvalue weighted by Gasteiger charge is 2.14. The zero-order valence-electron chi connectivity index (χ0n) is 8.81. The summed E-state index contributed by atoms with van der Waals surface area (Å²) in [6.45, 7) is 6.71. The highest BCUT2D eigenvalue weighted by molar-refractivity contribution is 9.11. The summed E-state index contributed by atoms with van der Waals surface area (Å²) in [6, 6.07) is 2.27. The minimum atomic E-state index is 0.521. The second-order valence-corrected chi connectivity index (χ2v) is 7.33. The van der Waals surface area contributed by atoms with Crippen molar-refractivity contribution in [1.29, 1.82) is 0 Å². The van der Waals surface area contributed by atoms with Gasteiger partial charge in [-0.2, -0.15) is 0 Å². The summed E-state index contributed by atoms with van der Waals surface area (Å²) in [4.78, 5) is 1.96. The maximum atomic E-state index is 3.76. The van der Waals surface area contributed by atoms with Crippen molar-refractivity contribution in [1.82, 2.24) is 0 Å². The van der Waals surface area contributed by atoms with Crippen LogP contribution in [0.25, 0.3) is 0 Å². The lowest BCUT2D eigenvalue weighted by atomic mass is 10.0. The molecule has 14 heavy (non-hydrogen) atoms. The molecule has 1 heterocycles. The Morgan fingerprint density at radius 2 is 2.14 bits per heavy atom. The van der Waals surface area contributed by atoms with Gasteiger partial charge >= 0.3 is 0 Å². The average Bonchev–Trinajstić information content (AvgIpc) is 2.47. The van der Waals surface area contributed by atoms with Crippen molar-refractivity contribution < 1.29 is 0 Å². The van der Waals surface area contributed by atoms with Gasteiger partial charge in [0, 0.05) is 9.70 Å². The van der Waals surface area contributed by atoms with Gasteiger partial charge < -0.3 is 0 Å². The zero-order chi connectivity index (χ0) is 10.7.